The molecular formula is C13H11F2NO3S. The smallest absolute Gasteiger partial charge is 0.387 e. The molecule has 0 unspecified atom stereocenters. The molecule has 2 N–H and O–H groups in total. The number of ether oxygens (including phenoxy) is 2. The molecule has 2 rings (SSSR count). The van der Waals surface area contributed by atoms with E-state index < -0.39 is 12.6 Å². The molecule has 2 aromatic rings. The Hall–Kier alpha value is -2.15. The number of anilines is 1. The van der Waals surface area contributed by atoms with Crippen LogP contribution in [-0.2, 0) is 4.74 Å². The number of hydrogen-bond donors (Lipinski definition) is 1. The van der Waals surface area contributed by atoms with E-state index in [-0.39, 0.29) is 5.75 Å². The minimum Gasteiger partial charge on any atom is -0.465 e. The van der Waals surface area contributed by atoms with Crippen molar-refractivity contribution in [1.29, 1.82) is 0 Å². The molecule has 20 heavy (non-hydrogen) atoms. The Balaban J connectivity index is 2.26. The summed E-state index contributed by atoms with van der Waals surface area (Å²) in [6, 6.07) is 7.72. The second kappa shape index (κ2) is 5.87. The van der Waals surface area contributed by atoms with Crippen LogP contribution in [0.3, 0.4) is 0 Å². The standard InChI is InChI=1S/C13H11F2NO3S/c1-18-12(17)11-9(16)6-10(20-11)7-2-4-8(5-3-7)19-13(14)15/h2-6,13H,16H2,1H3. The molecule has 0 spiro atoms. The number of carbonyl (C=O) groups is 1. The first-order chi connectivity index (χ1) is 9.51. The Morgan fingerprint density at radius 1 is 1.30 bits per heavy atom. The summed E-state index contributed by atoms with van der Waals surface area (Å²) in [5.74, 6) is -0.433. The molecule has 0 radical (unpaired) electrons. The van der Waals surface area contributed by atoms with Crippen LogP contribution >= 0.6 is 11.3 Å². The van der Waals surface area contributed by atoms with Crippen LogP contribution < -0.4 is 10.5 Å². The highest BCUT2D eigenvalue weighted by molar-refractivity contribution is 7.18. The fraction of sp³-hybridized carbons (Fsp3) is 0.154. The van der Waals surface area contributed by atoms with Gasteiger partial charge in [0.25, 0.3) is 0 Å². The molecule has 4 nitrogen and oxygen atoms in total. The molecule has 0 aliphatic heterocycles. The Morgan fingerprint density at radius 3 is 2.50 bits per heavy atom. The number of alkyl halides is 2. The Bertz CT molecular complexity index is 611. The molecule has 106 valence electrons. The van der Waals surface area contributed by atoms with Crippen molar-refractivity contribution in [1.82, 2.24) is 0 Å². The summed E-state index contributed by atoms with van der Waals surface area (Å²) < 4.78 is 33.0. The highest BCUT2D eigenvalue weighted by atomic mass is 32.1. The molecule has 1 aromatic heterocycles. The predicted octanol–water partition coefficient (Wildman–Crippen LogP) is 3.39. The third-order valence-corrected chi connectivity index (χ3v) is 3.68. The van der Waals surface area contributed by atoms with Gasteiger partial charge in [-0.05, 0) is 35.9 Å². The van der Waals surface area contributed by atoms with E-state index in [9.17, 15) is 13.6 Å². The van der Waals surface area contributed by atoms with Crippen molar-refractivity contribution in [3.05, 3.63) is 35.2 Å². The van der Waals surface area contributed by atoms with Gasteiger partial charge in [-0.15, -0.1) is 11.3 Å². The first-order valence-corrected chi connectivity index (χ1v) is 6.35. The van der Waals surface area contributed by atoms with Crippen molar-refractivity contribution in [3.8, 4) is 16.2 Å². The molecule has 7 heteroatoms. The summed E-state index contributed by atoms with van der Waals surface area (Å²) >= 11 is 1.18. The molecule has 0 fully saturated rings. The Morgan fingerprint density at radius 2 is 1.95 bits per heavy atom. The fourth-order valence-corrected chi connectivity index (χ4v) is 2.60. The molecule has 0 aliphatic rings. The summed E-state index contributed by atoms with van der Waals surface area (Å²) in [7, 11) is 1.28. The third-order valence-electron chi connectivity index (χ3n) is 2.50. The Labute approximate surface area is 117 Å². The Kier molecular flexibility index (Phi) is 4.19. The molecule has 0 saturated heterocycles. The van der Waals surface area contributed by atoms with Gasteiger partial charge in [0.15, 0.2) is 0 Å². The lowest BCUT2D eigenvalue weighted by molar-refractivity contribution is -0.0498. The average Bonchev–Trinajstić information content (AvgIpc) is 2.80. The van der Waals surface area contributed by atoms with Gasteiger partial charge in [0.05, 0.1) is 12.8 Å². The number of nitrogen functional groups attached to an aromatic ring is 1. The molecule has 0 amide bonds. The molecule has 0 atom stereocenters. The van der Waals surface area contributed by atoms with Gasteiger partial charge in [-0.25, -0.2) is 4.79 Å². The molecule has 0 saturated carbocycles. The van der Waals surface area contributed by atoms with Crippen molar-refractivity contribution in [3.63, 3.8) is 0 Å². The van der Waals surface area contributed by atoms with Crippen LogP contribution in [0.4, 0.5) is 14.5 Å². The summed E-state index contributed by atoms with van der Waals surface area (Å²) in [6.45, 7) is -2.86. The summed E-state index contributed by atoms with van der Waals surface area (Å²) in [5, 5.41) is 0. The van der Waals surface area contributed by atoms with E-state index in [1.807, 2.05) is 0 Å². The SMILES string of the molecule is COC(=O)c1sc(-c2ccc(OC(F)F)cc2)cc1N. The van der Waals surface area contributed by atoms with Crippen molar-refractivity contribution < 1.29 is 23.0 Å². The number of benzene rings is 1. The minimum absolute atomic E-state index is 0.0708. The maximum absolute atomic E-state index is 12.0. The zero-order valence-corrected chi connectivity index (χ0v) is 11.2. The van der Waals surface area contributed by atoms with E-state index in [1.165, 1.54) is 30.6 Å². The average molecular weight is 299 g/mol. The van der Waals surface area contributed by atoms with E-state index in [4.69, 9.17) is 5.73 Å². The fourth-order valence-electron chi connectivity index (χ4n) is 1.60. The molecule has 1 heterocycles. The second-order valence-corrected chi connectivity index (χ2v) is 4.84. The van der Waals surface area contributed by atoms with Crippen molar-refractivity contribution in [2.45, 2.75) is 6.61 Å². The minimum atomic E-state index is -2.86. The number of rotatable bonds is 4. The van der Waals surface area contributed by atoms with Crippen LogP contribution in [0.1, 0.15) is 9.67 Å². The van der Waals surface area contributed by atoms with Crippen LogP contribution in [0.25, 0.3) is 10.4 Å². The first-order valence-electron chi connectivity index (χ1n) is 5.54. The zero-order valence-electron chi connectivity index (χ0n) is 10.4. The van der Waals surface area contributed by atoms with Crippen LogP contribution in [0, 0.1) is 0 Å². The summed E-state index contributed by atoms with van der Waals surface area (Å²) in [6.07, 6.45) is 0. The number of halogens is 2. The summed E-state index contributed by atoms with van der Waals surface area (Å²) in [5.41, 5.74) is 6.81. The van der Waals surface area contributed by atoms with Crippen LogP contribution in [0.2, 0.25) is 0 Å². The highest BCUT2D eigenvalue weighted by Gasteiger charge is 2.15. The van der Waals surface area contributed by atoms with E-state index >= 15 is 0 Å². The van der Waals surface area contributed by atoms with Gasteiger partial charge in [-0.1, -0.05) is 0 Å². The van der Waals surface area contributed by atoms with Crippen LogP contribution in [0.15, 0.2) is 30.3 Å². The van der Waals surface area contributed by atoms with Gasteiger partial charge < -0.3 is 15.2 Å². The van der Waals surface area contributed by atoms with E-state index in [0.717, 1.165) is 10.4 Å². The highest BCUT2D eigenvalue weighted by Crippen LogP contribution is 2.34. The van der Waals surface area contributed by atoms with Gasteiger partial charge in [0.1, 0.15) is 10.6 Å². The zero-order chi connectivity index (χ0) is 14.7. The number of nitrogens with two attached hydrogens (primary N) is 1. The van der Waals surface area contributed by atoms with Gasteiger partial charge in [-0.3, -0.25) is 0 Å². The molecule has 0 aliphatic carbocycles. The van der Waals surface area contributed by atoms with Crippen LogP contribution in [0.5, 0.6) is 5.75 Å². The van der Waals surface area contributed by atoms with Gasteiger partial charge >= 0.3 is 12.6 Å². The van der Waals surface area contributed by atoms with Crippen molar-refractivity contribution in [2.75, 3.05) is 12.8 Å². The third kappa shape index (κ3) is 3.05. The maximum Gasteiger partial charge on any atom is 0.387 e. The monoisotopic (exact) mass is 299 g/mol. The molecule has 1 aromatic carbocycles. The number of esters is 1. The largest absolute Gasteiger partial charge is 0.465 e. The van der Waals surface area contributed by atoms with E-state index in [1.54, 1.807) is 18.2 Å². The first kappa shape index (κ1) is 14.3. The van der Waals surface area contributed by atoms with Gasteiger partial charge in [-0.2, -0.15) is 8.78 Å². The number of carbonyl (C=O) groups excluding carboxylic acids is 1. The second-order valence-electron chi connectivity index (χ2n) is 3.79. The van der Waals surface area contributed by atoms with Crippen LogP contribution in [-0.4, -0.2) is 19.7 Å². The molecule has 0 bridgehead atoms. The number of thiophene rings is 1. The molecular weight excluding hydrogens is 288 g/mol. The van der Waals surface area contributed by atoms with Crippen molar-refractivity contribution in [2.24, 2.45) is 0 Å². The number of methoxy groups -OCH3 is 1. The topological polar surface area (TPSA) is 61.5 Å². The predicted molar refractivity (Wildman–Crippen MR) is 72.1 cm³/mol. The van der Waals surface area contributed by atoms with E-state index in [2.05, 4.69) is 9.47 Å². The normalized spacial score (nSPS) is 10.6. The lowest BCUT2D eigenvalue weighted by Gasteiger charge is -2.04. The van der Waals surface area contributed by atoms with Crippen molar-refractivity contribution >= 4 is 23.0 Å². The number of hydrogen-bond acceptors (Lipinski definition) is 5. The summed E-state index contributed by atoms with van der Waals surface area (Å²) in [4.78, 5) is 12.5. The van der Waals surface area contributed by atoms with Gasteiger partial charge in [0.2, 0.25) is 0 Å². The lowest BCUT2D eigenvalue weighted by atomic mass is 10.2. The van der Waals surface area contributed by atoms with E-state index in [0.29, 0.717) is 10.6 Å². The maximum atomic E-state index is 12.0. The lowest BCUT2D eigenvalue weighted by Crippen LogP contribution is -2.01. The van der Waals surface area contributed by atoms with Gasteiger partial charge in [0, 0.05) is 4.88 Å². The quantitative estimate of drug-likeness (QED) is 0.879.